The number of rotatable bonds is 3. The summed E-state index contributed by atoms with van der Waals surface area (Å²) in [5.74, 6) is 0.514. The molecule has 1 aromatic rings. The van der Waals surface area contributed by atoms with Gasteiger partial charge in [-0.2, -0.15) is 0 Å². The number of hydrogen-bond acceptors (Lipinski definition) is 1. The third kappa shape index (κ3) is 2.74. The molecule has 0 aliphatic carbocycles. The summed E-state index contributed by atoms with van der Waals surface area (Å²) in [5.41, 5.74) is 1.32. The first-order chi connectivity index (χ1) is 5.70. The van der Waals surface area contributed by atoms with Gasteiger partial charge in [0.1, 0.15) is 0 Å². The van der Waals surface area contributed by atoms with Crippen molar-refractivity contribution in [3.05, 3.63) is 35.9 Å². The van der Waals surface area contributed by atoms with Crippen LogP contribution in [0.25, 0.3) is 0 Å². The molecule has 12 heavy (non-hydrogen) atoms. The first kappa shape index (κ1) is 9.40. The van der Waals surface area contributed by atoms with Crippen LogP contribution in [-0.4, -0.2) is 4.86 Å². The molecule has 0 amide bonds. The zero-order chi connectivity index (χ0) is 8.97. The SMILES string of the molecule is CC(C)C(=S)Cc1ccccc1. The molecule has 0 unspecified atom stereocenters. The smallest absolute Gasteiger partial charge is 0.00408 e. The Morgan fingerprint density at radius 3 is 2.33 bits per heavy atom. The summed E-state index contributed by atoms with van der Waals surface area (Å²) >= 11 is 5.26. The van der Waals surface area contributed by atoms with Crippen molar-refractivity contribution in [2.24, 2.45) is 5.92 Å². The lowest BCUT2D eigenvalue weighted by Crippen LogP contribution is -2.07. The van der Waals surface area contributed by atoms with E-state index >= 15 is 0 Å². The molecule has 1 heteroatoms. The van der Waals surface area contributed by atoms with Crippen LogP contribution in [0.4, 0.5) is 0 Å². The van der Waals surface area contributed by atoms with Gasteiger partial charge in [0.05, 0.1) is 0 Å². The maximum atomic E-state index is 5.26. The van der Waals surface area contributed by atoms with Crippen LogP contribution < -0.4 is 0 Å². The molecule has 0 atom stereocenters. The minimum absolute atomic E-state index is 0.514. The minimum atomic E-state index is 0.514. The Labute approximate surface area is 79.6 Å². The van der Waals surface area contributed by atoms with Gasteiger partial charge in [-0.1, -0.05) is 56.4 Å². The van der Waals surface area contributed by atoms with Gasteiger partial charge in [-0.15, -0.1) is 0 Å². The van der Waals surface area contributed by atoms with Gasteiger partial charge in [0, 0.05) is 6.42 Å². The van der Waals surface area contributed by atoms with Crippen LogP contribution in [0.3, 0.4) is 0 Å². The number of benzene rings is 1. The predicted octanol–water partition coefficient (Wildman–Crippen LogP) is 3.26. The van der Waals surface area contributed by atoms with Crippen LogP contribution in [0.2, 0.25) is 0 Å². The molecule has 1 rings (SSSR count). The fraction of sp³-hybridized carbons (Fsp3) is 0.364. The first-order valence-electron chi connectivity index (χ1n) is 4.27. The first-order valence-corrected chi connectivity index (χ1v) is 4.67. The summed E-state index contributed by atoms with van der Waals surface area (Å²) in [6.45, 7) is 4.29. The van der Waals surface area contributed by atoms with Gasteiger partial charge in [0.2, 0.25) is 0 Å². The summed E-state index contributed by atoms with van der Waals surface area (Å²) < 4.78 is 0. The van der Waals surface area contributed by atoms with E-state index in [1.807, 2.05) is 6.07 Å². The fourth-order valence-corrected chi connectivity index (χ4v) is 1.17. The third-order valence-electron chi connectivity index (χ3n) is 1.87. The highest BCUT2D eigenvalue weighted by atomic mass is 32.1. The minimum Gasteiger partial charge on any atom is -0.0890 e. The molecule has 0 N–H and O–H groups in total. The van der Waals surface area contributed by atoms with E-state index in [-0.39, 0.29) is 0 Å². The van der Waals surface area contributed by atoms with Gasteiger partial charge >= 0.3 is 0 Å². The lowest BCUT2D eigenvalue weighted by atomic mass is 10.0. The van der Waals surface area contributed by atoms with Gasteiger partial charge in [0.25, 0.3) is 0 Å². The summed E-state index contributed by atoms with van der Waals surface area (Å²) in [6.07, 6.45) is 0.938. The molecule has 0 aliphatic rings. The fourth-order valence-electron chi connectivity index (χ4n) is 1.00. The van der Waals surface area contributed by atoms with Crippen molar-refractivity contribution in [3.63, 3.8) is 0 Å². The van der Waals surface area contributed by atoms with Crippen LogP contribution in [-0.2, 0) is 6.42 Å². The molecule has 0 radical (unpaired) electrons. The highest BCUT2D eigenvalue weighted by Crippen LogP contribution is 2.06. The average Bonchev–Trinajstić information content (AvgIpc) is 2.06. The second-order valence-electron chi connectivity index (χ2n) is 3.28. The Kier molecular flexibility index (Phi) is 3.42. The van der Waals surface area contributed by atoms with Crippen molar-refractivity contribution in [2.75, 3.05) is 0 Å². The number of thiocarbonyl (C=S) groups is 1. The lowest BCUT2D eigenvalue weighted by Gasteiger charge is -2.06. The molecule has 0 bridgehead atoms. The zero-order valence-corrected chi connectivity index (χ0v) is 8.40. The molecule has 0 aromatic heterocycles. The molecule has 1 aromatic carbocycles. The summed E-state index contributed by atoms with van der Waals surface area (Å²) in [6, 6.07) is 10.4. The monoisotopic (exact) mass is 178 g/mol. The summed E-state index contributed by atoms with van der Waals surface area (Å²) in [4.78, 5) is 1.14. The molecular weight excluding hydrogens is 164 g/mol. The van der Waals surface area contributed by atoms with E-state index in [4.69, 9.17) is 12.2 Å². The van der Waals surface area contributed by atoms with Gasteiger partial charge in [0.15, 0.2) is 0 Å². The van der Waals surface area contributed by atoms with Gasteiger partial charge < -0.3 is 0 Å². The maximum Gasteiger partial charge on any atom is 0.00408 e. The van der Waals surface area contributed by atoms with Crippen LogP contribution in [0.1, 0.15) is 19.4 Å². The topological polar surface area (TPSA) is 0 Å². The van der Waals surface area contributed by atoms with Crippen molar-refractivity contribution in [1.82, 2.24) is 0 Å². The quantitative estimate of drug-likeness (QED) is 0.640. The summed E-state index contributed by atoms with van der Waals surface area (Å²) in [7, 11) is 0. The molecule has 0 saturated carbocycles. The molecule has 0 spiro atoms. The zero-order valence-electron chi connectivity index (χ0n) is 7.58. The van der Waals surface area contributed by atoms with Crippen molar-refractivity contribution in [3.8, 4) is 0 Å². The largest absolute Gasteiger partial charge is 0.0890 e. The van der Waals surface area contributed by atoms with E-state index < -0.39 is 0 Å². The maximum absolute atomic E-state index is 5.26. The van der Waals surface area contributed by atoms with Gasteiger partial charge in [-0.25, -0.2) is 0 Å². The lowest BCUT2D eigenvalue weighted by molar-refractivity contribution is 0.882. The van der Waals surface area contributed by atoms with Gasteiger partial charge in [-0.3, -0.25) is 0 Å². The Morgan fingerprint density at radius 1 is 1.25 bits per heavy atom. The number of hydrogen-bond donors (Lipinski definition) is 0. The Morgan fingerprint density at radius 2 is 1.83 bits per heavy atom. The van der Waals surface area contributed by atoms with E-state index in [2.05, 4.69) is 38.1 Å². The van der Waals surface area contributed by atoms with Crippen molar-refractivity contribution < 1.29 is 0 Å². The second-order valence-corrected chi connectivity index (χ2v) is 3.81. The highest BCUT2D eigenvalue weighted by molar-refractivity contribution is 7.80. The standard InChI is InChI=1S/C11H14S/c1-9(2)11(12)8-10-6-4-3-5-7-10/h3-7,9H,8H2,1-2H3. The van der Waals surface area contributed by atoms with E-state index in [0.29, 0.717) is 5.92 Å². The van der Waals surface area contributed by atoms with E-state index in [1.54, 1.807) is 0 Å². The molecule has 0 saturated heterocycles. The van der Waals surface area contributed by atoms with Crippen molar-refractivity contribution in [1.29, 1.82) is 0 Å². The van der Waals surface area contributed by atoms with E-state index in [1.165, 1.54) is 5.56 Å². The van der Waals surface area contributed by atoms with Crippen molar-refractivity contribution in [2.45, 2.75) is 20.3 Å². The molecule has 0 aliphatic heterocycles. The third-order valence-corrected chi connectivity index (χ3v) is 2.48. The van der Waals surface area contributed by atoms with E-state index in [9.17, 15) is 0 Å². The molecule has 0 fully saturated rings. The Balaban J connectivity index is 2.59. The van der Waals surface area contributed by atoms with Crippen LogP contribution >= 0.6 is 12.2 Å². The van der Waals surface area contributed by atoms with Crippen molar-refractivity contribution >= 4 is 17.1 Å². The molecule has 64 valence electrons. The van der Waals surface area contributed by atoms with Gasteiger partial charge in [-0.05, 0) is 16.3 Å². The van der Waals surface area contributed by atoms with Crippen LogP contribution in [0.15, 0.2) is 30.3 Å². The molecule has 0 heterocycles. The van der Waals surface area contributed by atoms with Crippen LogP contribution in [0.5, 0.6) is 0 Å². The highest BCUT2D eigenvalue weighted by Gasteiger charge is 2.02. The normalized spacial score (nSPS) is 10.2. The van der Waals surface area contributed by atoms with Crippen LogP contribution in [0, 0.1) is 5.92 Å². The van der Waals surface area contributed by atoms with E-state index in [0.717, 1.165) is 11.3 Å². The predicted molar refractivity (Wildman–Crippen MR) is 57.6 cm³/mol. The summed E-state index contributed by atoms with van der Waals surface area (Å²) in [5, 5.41) is 0. The Hall–Kier alpha value is -0.690. The molecule has 0 nitrogen and oxygen atoms in total. The second kappa shape index (κ2) is 4.36. The average molecular weight is 178 g/mol. The molecular formula is C11H14S. The Bertz CT molecular complexity index is 249.